The number of rotatable bonds is 5. The largest absolute Gasteiger partial charge is 0.487 e. The van der Waals surface area contributed by atoms with E-state index >= 15 is 0 Å². The molecule has 0 spiro atoms. The quantitative estimate of drug-likeness (QED) is 0.729. The van der Waals surface area contributed by atoms with Gasteiger partial charge in [-0.1, -0.05) is 41.9 Å². The maximum Gasteiger partial charge on any atom is 0.155 e. The number of aldehydes is 1. The van der Waals surface area contributed by atoms with E-state index in [1.165, 1.54) is 35.7 Å². The van der Waals surface area contributed by atoms with Crippen molar-refractivity contribution in [3.8, 4) is 5.75 Å². The third-order valence-electron chi connectivity index (χ3n) is 4.13. The van der Waals surface area contributed by atoms with Crippen LogP contribution < -0.4 is 4.74 Å². The Morgan fingerprint density at radius 2 is 1.91 bits per heavy atom. The Hall–Kier alpha value is -2.13. The lowest BCUT2D eigenvalue weighted by Crippen LogP contribution is -2.09. The molecule has 1 aliphatic carbocycles. The molecule has 23 heavy (non-hydrogen) atoms. The van der Waals surface area contributed by atoms with Gasteiger partial charge in [0.1, 0.15) is 12.4 Å². The van der Waals surface area contributed by atoms with Crippen molar-refractivity contribution in [2.75, 3.05) is 6.61 Å². The number of hydrogen-bond acceptors (Lipinski definition) is 3. The summed E-state index contributed by atoms with van der Waals surface area (Å²) in [5.74, 6) is 0.443. The van der Waals surface area contributed by atoms with Crippen molar-refractivity contribution in [1.82, 2.24) is 4.98 Å². The van der Waals surface area contributed by atoms with Crippen LogP contribution >= 0.6 is 11.6 Å². The standard InChI is InChI=1S/C19H18ClNO2/c20-18-10-21-11-19(17(18)12-22)23-13-15-8-4-5-9-16(15)14-6-2-1-3-7-14/h1-3,6-7,10-12H,4-5,8-9,13H2. The summed E-state index contributed by atoms with van der Waals surface area (Å²) in [7, 11) is 0. The average molecular weight is 328 g/mol. The van der Waals surface area contributed by atoms with Gasteiger partial charge < -0.3 is 4.74 Å². The highest BCUT2D eigenvalue weighted by molar-refractivity contribution is 6.33. The number of carbonyl (C=O) groups excluding carboxylic acids is 1. The van der Waals surface area contributed by atoms with E-state index < -0.39 is 0 Å². The summed E-state index contributed by atoms with van der Waals surface area (Å²) in [5, 5.41) is 0.318. The Balaban J connectivity index is 1.84. The summed E-state index contributed by atoms with van der Waals surface area (Å²) in [6.07, 6.45) is 8.17. The van der Waals surface area contributed by atoms with Crippen LogP contribution in [-0.2, 0) is 0 Å². The Morgan fingerprint density at radius 1 is 1.13 bits per heavy atom. The van der Waals surface area contributed by atoms with Gasteiger partial charge in [0, 0.05) is 6.20 Å². The normalized spacial score (nSPS) is 14.7. The highest BCUT2D eigenvalue weighted by atomic mass is 35.5. The van der Waals surface area contributed by atoms with Crippen LogP contribution in [0.25, 0.3) is 5.57 Å². The summed E-state index contributed by atoms with van der Waals surface area (Å²) in [5.41, 5.74) is 4.27. The number of allylic oxidation sites excluding steroid dienone is 1. The van der Waals surface area contributed by atoms with Crippen molar-refractivity contribution in [3.05, 3.63) is 64.4 Å². The van der Waals surface area contributed by atoms with Crippen LogP contribution in [0.5, 0.6) is 5.75 Å². The van der Waals surface area contributed by atoms with Gasteiger partial charge in [-0.15, -0.1) is 0 Å². The van der Waals surface area contributed by atoms with Gasteiger partial charge in [0.25, 0.3) is 0 Å². The predicted octanol–water partition coefficient (Wildman–Crippen LogP) is 4.95. The fraction of sp³-hybridized carbons (Fsp3) is 0.263. The predicted molar refractivity (Wildman–Crippen MR) is 92.0 cm³/mol. The molecule has 1 aliphatic rings. The monoisotopic (exact) mass is 327 g/mol. The Morgan fingerprint density at radius 3 is 2.70 bits per heavy atom. The smallest absolute Gasteiger partial charge is 0.155 e. The first-order valence-corrected chi connectivity index (χ1v) is 8.15. The zero-order valence-electron chi connectivity index (χ0n) is 12.8. The first-order valence-electron chi connectivity index (χ1n) is 7.77. The van der Waals surface area contributed by atoms with Gasteiger partial charge in [-0.2, -0.15) is 0 Å². The molecule has 1 aromatic carbocycles. The Labute approximate surface area is 141 Å². The molecule has 0 saturated heterocycles. The third kappa shape index (κ3) is 3.62. The number of ether oxygens (including phenoxy) is 1. The average Bonchev–Trinajstić information content (AvgIpc) is 2.61. The molecule has 118 valence electrons. The number of halogens is 1. The molecule has 0 bridgehead atoms. The van der Waals surface area contributed by atoms with Crippen LogP contribution in [0.1, 0.15) is 41.6 Å². The minimum Gasteiger partial charge on any atom is -0.487 e. The Kier molecular flexibility index (Phi) is 5.09. The van der Waals surface area contributed by atoms with Gasteiger partial charge in [0.15, 0.2) is 6.29 Å². The number of nitrogens with zero attached hydrogens (tertiary/aromatic N) is 1. The molecule has 1 aromatic heterocycles. The number of aromatic nitrogens is 1. The van der Waals surface area contributed by atoms with Crippen molar-refractivity contribution in [2.45, 2.75) is 25.7 Å². The molecule has 0 atom stereocenters. The lowest BCUT2D eigenvalue weighted by molar-refractivity contribution is 0.112. The van der Waals surface area contributed by atoms with Gasteiger partial charge in [-0.25, -0.2) is 0 Å². The summed E-state index contributed by atoms with van der Waals surface area (Å²) in [6.45, 7) is 0.465. The van der Waals surface area contributed by atoms with E-state index in [-0.39, 0.29) is 0 Å². The van der Waals surface area contributed by atoms with Gasteiger partial charge in [0.2, 0.25) is 0 Å². The van der Waals surface area contributed by atoms with Gasteiger partial charge in [-0.3, -0.25) is 9.78 Å². The molecule has 0 N–H and O–H groups in total. The topological polar surface area (TPSA) is 39.2 Å². The van der Waals surface area contributed by atoms with Crippen LogP contribution in [-0.4, -0.2) is 17.9 Å². The van der Waals surface area contributed by atoms with Crippen molar-refractivity contribution in [1.29, 1.82) is 0 Å². The third-order valence-corrected chi connectivity index (χ3v) is 4.43. The summed E-state index contributed by atoms with van der Waals surface area (Å²) < 4.78 is 5.86. The second-order valence-corrected chi connectivity index (χ2v) is 6.00. The summed E-state index contributed by atoms with van der Waals surface area (Å²) in [4.78, 5) is 15.2. The van der Waals surface area contributed by atoms with Gasteiger partial charge in [-0.05, 0) is 42.4 Å². The first kappa shape index (κ1) is 15.8. The number of benzene rings is 1. The number of hydrogen-bond donors (Lipinski definition) is 0. The van der Waals surface area contributed by atoms with Crippen molar-refractivity contribution in [3.63, 3.8) is 0 Å². The van der Waals surface area contributed by atoms with Crippen molar-refractivity contribution in [2.24, 2.45) is 0 Å². The zero-order chi connectivity index (χ0) is 16.1. The molecule has 0 unspecified atom stereocenters. The lowest BCUT2D eigenvalue weighted by Gasteiger charge is -2.21. The first-order chi connectivity index (χ1) is 11.3. The van der Waals surface area contributed by atoms with E-state index in [2.05, 4.69) is 29.2 Å². The Bertz CT molecular complexity index is 725. The molecule has 1 heterocycles. The van der Waals surface area contributed by atoms with Crippen molar-refractivity contribution < 1.29 is 9.53 Å². The van der Waals surface area contributed by atoms with E-state index in [1.807, 2.05) is 6.07 Å². The van der Waals surface area contributed by atoms with Crippen molar-refractivity contribution >= 4 is 23.5 Å². The summed E-state index contributed by atoms with van der Waals surface area (Å²) >= 11 is 5.99. The van der Waals surface area contributed by atoms with Crippen LogP contribution in [0.2, 0.25) is 5.02 Å². The molecule has 2 aromatic rings. The second-order valence-electron chi connectivity index (χ2n) is 5.59. The molecule has 0 amide bonds. The number of carbonyl (C=O) groups is 1. The van der Waals surface area contributed by atoms with E-state index in [0.29, 0.717) is 29.2 Å². The molecule has 0 fully saturated rings. The summed E-state index contributed by atoms with van der Waals surface area (Å²) in [6, 6.07) is 10.4. The SMILES string of the molecule is O=Cc1c(Cl)cncc1OCC1=C(c2ccccc2)CCCC1. The maximum absolute atomic E-state index is 11.2. The minimum absolute atomic E-state index is 0.318. The zero-order valence-corrected chi connectivity index (χ0v) is 13.6. The van der Waals surface area contributed by atoms with Crippen LogP contribution in [0, 0.1) is 0 Å². The van der Waals surface area contributed by atoms with Gasteiger partial charge >= 0.3 is 0 Å². The number of pyridine rings is 1. The fourth-order valence-electron chi connectivity index (χ4n) is 2.94. The molecule has 3 nitrogen and oxygen atoms in total. The lowest BCUT2D eigenvalue weighted by atomic mass is 9.88. The highest BCUT2D eigenvalue weighted by Crippen LogP contribution is 2.33. The second kappa shape index (κ2) is 7.42. The maximum atomic E-state index is 11.2. The molecule has 3 rings (SSSR count). The molecule has 0 radical (unpaired) electrons. The fourth-order valence-corrected chi connectivity index (χ4v) is 3.13. The minimum atomic E-state index is 0.318. The van der Waals surface area contributed by atoms with E-state index in [4.69, 9.17) is 16.3 Å². The molecular weight excluding hydrogens is 310 g/mol. The molecular formula is C19H18ClNO2. The van der Waals surface area contributed by atoms with Crippen LogP contribution in [0.4, 0.5) is 0 Å². The van der Waals surface area contributed by atoms with E-state index in [0.717, 1.165) is 12.8 Å². The highest BCUT2D eigenvalue weighted by Gasteiger charge is 2.16. The van der Waals surface area contributed by atoms with Gasteiger partial charge in [0.05, 0.1) is 16.8 Å². The van der Waals surface area contributed by atoms with Crippen LogP contribution in [0.15, 0.2) is 48.3 Å². The molecule has 0 saturated carbocycles. The molecule has 0 aliphatic heterocycles. The van der Waals surface area contributed by atoms with Crippen LogP contribution in [0.3, 0.4) is 0 Å². The molecule has 4 heteroatoms. The van der Waals surface area contributed by atoms with E-state index in [9.17, 15) is 4.79 Å². The van der Waals surface area contributed by atoms with E-state index in [1.54, 1.807) is 6.20 Å².